The van der Waals surface area contributed by atoms with Crippen molar-refractivity contribution < 1.29 is 27.5 Å². The highest BCUT2D eigenvalue weighted by molar-refractivity contribution is 7.92. The van der Waals surface area contributed by atoms with E-state index in [1.54, 1.807) is 24.5 Å². The van der Waals surface area contributed by atoms with Gasteiger partial charge >= 0.3 is 0 Å². The van der Waals surface area contributed by atoms with Crippen LogP contribution in [-0.2, 0) is 14.8 Å². The summed E-state index contributed by atoms with van der Waals surface area (Å²) >= 11 is 0. The fraction of sp³-hybridized carbons (Fsp3) is 0.483. The van der Waals surface area contributed by atoms with Crippen molar-refractivity contribution in [1.29, 1.82) is 0 Å². The second kappa shape index (κ2) is 10.6. The number of nitrogens with one attached hydrogen (secondary N) is 2. The van der Waals surface area contributed by atoms with Crippen molar-refractivity contribution in [2.75, 3.05) is 65.0 Å². The Labute approximate surface area is 234 Å². The Hall–Kier alpha value is -3.28. The summed E-state index contributed by atoms with van der Waals surface area (Å²) in [5, 5.41) is 13.1. The highest BCUT2D eigenvalue weighted by Gasteiger charge is 2.44. The third kappa shape index (κ3) is 5.63. The largest absolute Gasteiger partial charge is 0.462 e. The molecule has 10 nitrogen and oxygen atoms in total. The average molecular weight is 569 g/mol. The molecule has 214 valence electrons. The maximum Gasteiger partial charge on any atom is 0.257 e. The van der Waals surface area contributed by atoms with Gasteiger partial charge < -0.3 is 29.4 Å². The van der Waals surface area contributed by atoms with Crippen LogP contribution in [0.2, 0.25) is 0 Å². The third-order valence-electron chi connectivity index (χ3n) is 8.37. The molecule has 40 heavy (non-hydrogen) atoms. The van der Waals surface area contributed by atoms with Crippen molar-refractivity contribution in [2.45, 2.75) is 38.7 Å². The molecular weight excluding hydrogens is 532 g/mol. The molecule has 3 aliphatic rings. The van der Waals surface area contributed by atoms with Crippen LogP contribution < -0.4 is 19.8 Å². The molecule has 3 heterocycles. The summed E-state index contributed by atoms with van der Waals surface area (Å²) in [6.45, 7) is 5.27. The van der Waals surface area contributed by atoms with Crippen LogP contribution in [0.5, 0.6) is 0 Å². The van der Waals surface area contributed by atoms with Crippen molar-refractivity contribution in [1.82, 2.24) is 0 Å². The molecule has 0 bridgehead atoms. The molecule has 6 rings (SSSR count). The van der Waals surface area contributed by atoms with Gasteiger partial charge in [-0.2, -0.15) is 0 Å². The number of sulfonamides is 1. The minimum absolute atomic E-state index is 0.0900. The predicted octanol–water partition coefficient (Wildman–Crippen LogP) is 4.02. The van der Waals surface area contributed by atoms with E-state index in [2.05, 4.69) is 19.8 Å². The maximum absolute atomic E-state index is 13.8. The van der Waals surface area contributed by atoms with Gasteiger partial charge in [0.05, 0.1) is 54.0 Å². The second-order valence-corrected chi connectivity index (χ2v) is 13.1. The first-order valence-corrected chi connectivity index (χ1v) is 15.6. The van der Waals surface area contributed by atoms with Crippen molar-refractivity contribution in [3.05, 3.63) is 48.2 Å². The topological polar surface area (TPSA) is 124 Å². The zero-order chi connectivity index (χ0) is 27.9. The van der Waals surface area contributed by atoms with Crippen LogP contribution in [0.1, 0.15) is 43.0 Å². The Bertz CT molecular complexity index is 1510. The predicted molar refractivity (Wildman–Crippen MR) is 156 cm³/mol. The first-order chi connectivity index (χ1) is 19.2. The number of hydrogen-bond acceptors (Lipinski definition) is 8. The molecule has 3 aromatic rings. The van der Waals surface area contributed by atoms with E-state index >= 15 is 0 Å². The van der Waals surface area contributed by atoms with Gasteiger partial charge in [-0.15, -0.1) is 0 Å². The van der Waals surface area contributed by atoms with Gasteiger partial charge in [0.15, 0.2) is 5.58 Å². The quantitative estimate of drug-likeness (QED) is 0.372. The molecule has 3 N–H and O–H groups in total. The molecule has 1 saturated carbocycles. The molecule has 2 aliphatic heterocycles. The van der Waals surface area contributed by atoms with Gasteiger partial charge in [0.2, 0.25) is 10.0 Å². The lowest BCUT2D eigenvalue weighted by molar-refractivity contribution is 0.0532. The Morgan fingerprint density at radius 1 is 1.02 bits per heavy atom. The standard InChI is InChI=1S/C29H36N4O6S/c1-20-19-33(11-14-38-20)26-18-23(16-21-4-13-39-27(21)26)30-28(35)24-3-2-22(31-40(36,37)15-12-34)17-25(24)32-9-7-29(5-6-29)8-10-32/h2-4,13,16-18,20,31,34H,5-12,14-15,19H2,1H3,(H,30,35)/t20-/m1/s1. The zero-order valence-corrected chi connectivity index (χ0v) is 23.5. The molecule has 3 fully saturated rings. The zero-order valence-electron chi connectivity index (χ0n) is 22.7. The van der Waals surface area contributed by atoms with Gasteiger partial charge in [0, 0.05) is 37.3 Å². The highest BCUT2D eigenvalue weighted by Crippen LogP contribution is 2.54. The lowest BCUT2D eigenvalue weighted by atomic mass is 9.93. The van der Waals surface area contributed by atoms with E-state index < -0.39 is 22.4 Å². The Kier molecular flexibility index (Phi) is 7.14. The smallest absolute Gasteiger partial charge is 0.257 e. The van der Waals surface area contributed by atoms with E-state index in [4.69, 9.17) is 14.3 Å². The van der Waals surface area contributed by atoms with Crippen molar-refractivity contribution in [2.24, 2.45) is 5.41 Å². The molecule has 1 spiro atoms. The average Bonchev–Trinajstić information content (AvgIpc) is 3.50. The minimum atomic E-state index is -3.70. The molecule has 1 aromatic heterocycles. The number of benzene rings is 2. The summed E-state index contributed by atoms with van der Waals surface area (Å²) in [4.78, 5) is 18.2. The highest BCUT2D eigenvalue weighted by atomic mass is 32.2. The SMILES string of the molecule is C[C@@H]1CN(c2cc(NC(=O)c3ccc(NS(=O)(=O)CCO)cc3N3CCC4(CC3)CC4)cc3ccoc23)CCO1. The van der Waals surface area contributed by atoms with Crippen LogP contribution in [0.15, 0.2) is 47.1 Å². The van der Waals surface area contributed by atoms with Crippen LogP contribution in [0.4, 0.5) is 22.7 Å². The molecule has 2 saturated heterocycles. The van der Waals surface area contributed by atoms with Gasteiger partial charge in [-0.1, -0.05) is 0 Å². The number of amides is 1. The number of anilines is 4. The monoisotopic (exact) mass is 568 g/mol. The van der Waals surface area contributed by atoms with Gasteiger partial charge in [0.25, 0.3) is 5.91 Å². The number of carbonyl (C=O) groups is 1. The number of ether oxygens (including phenoxy) is 1. The number of carbonyl (C=O) groups excluding carboxylic acids is 1. The van der Waals surface area contributed by atoms with Crippen molar-refractivity contribution in [3.63, 3.8) is 0 Å². The normalized spacial score (nSPS) is 20.6. The molecule has 0 radical (unpaired) electrons. The van der Waals surface area contributed by atoms with E-state index in [0.717, 1.165) is 55.7 Å². The van der Waals surface area contributed by atoms with E-state index in [1.165, 1.54) is 12.8 Å². The maximum atomic E-state index is 13.8. The molecular formula is C29H36N4O6S. The number of fused-ring (bicyclic) bond motifs is 1. The first-order valence-electron chi connectivity index (χ1n) is 13.9. The summed E-state index contributed by atoms with van der Waals surface area (Å²) < 4.78 is 38.7. The van der Waals surface area contributed by atoms with Crippen LogP contribution in [0.25, 0.3) is 11.0 Å². The Morgan fingerprint density at radius 2 is 1.80 bits per heavy atom. The lowest BCUT2D eigenvalue weighted by Gasteiger charge is -2.35. The van der Waals surface area contributed by atoms with E-state index in [-0.39, 0.29) is 12.0 Å². The Balaban J connectivity index is 1.30. The number of morpholine rings is 1. The van der Waals surface area contributed by atoms with Crippen molar-refractivity contribution >= 4 is 49.6 Å². The number of rotatable bonds is 8. The number of nitrogens with zero attached hydrogens (tertiary/aromatic N) is 2. The van der Waals surface area contributed by atoms with Crippen LogP contribution in [-0.4, -0.2) is 70.7 Å². The summed E-state index contributed by atoms with van der Waals surface area (Å²) in [5.41, 5.74) is 4.33. The molecule has 1 atom stereocenters. The summed E-state index contributed by atoms with van der Waals surface area (Å²) in [6, 6.07) is 10.7. The summed E-state index contributed by atoms with van der Waals surface area (Å²) in [5.74, 6) is -0.659. The molecule has 2 aromatic carbocycles. The number of hydrogen-bond donors (Lipinski definition) is 3. The van der Waals surface area contributed by atoms with Gasteiger partial charge in [0.1, 0.15) is 0 Å². The molecule has 1 amide bonds. The van der Waals surface area contributed by atoms with Crippen molar-refractivity contribution in [3.8, 4) is 0 Å². The van der Waals surface area contributed by atoms with Gasteiger partial charge in [-0.05, 0) is 74.4 Å². The third-order valence-corrected chi connectivity index (χ3v) is 9.64. The Morgan fingerprint density at radius 3 is 2.52 bits per heavy atom. The number of aliphatic hydroxyl groups excluding tert-OH is 1. The molecule has 11 heteroatoms. The van der Waals surface area contributed by atoms with Crippen LogP contribution in [0.3, 0.4) is 0 Å². The minimum Gasteiger partial charge on any atom is -0.462 e. The van der Waals surface area contributed by atoms with Gasteiger partial charge in [-0.3, -0.25) is 9.52 Å². The lowest BCUT2D eigenvalue weighted by Crippen LogP contribution is -2.41. The number of aliphatic hydroxyl groups is 1. The molecule has 0 unspecified atom stereocenters. The molecule has 1 aliphatic carbocycles. The fourth-order valence-corrected chi connectivity index (χ4v) is 6.73. The van der Waals surface area contributed by atoms with E-state index in [0.29, 0.717) is 34.6 Å². The number of furan rings is 1. The second-order valence-electron chi connectivity index (χ2n) is 11.3. The number of piperidine rings is 1. The van der Waals surface area contributed by atoms with E-state index in [9.17, 15) is 13.2 Å². The van der Waals surface area contributed by atoms with E-state index in [1.807, 2.05) is 25.1 Å². The summed E-state index contributed by atoms with van der Waals surface area (Å²) in [6.07, 6.45) is 6.39. The van der Waals surface area contributed by atoms with Gasteiger partial charge in [-0.25, -0.2) is 8.42 Å². The first kappa shape index (κ1) is 26.9. The fourth-order valence-electron chi connectivity index (χ4n) is 5.90. The van der Waals surface area contributed by atoms with Crippen LogP contribution >= 0.6 is 0 Å². The summed E-state index contributed by atoms with van der Waals surface area (Å²) in [7, 11) is -3.70. The van der Waals surface area contributed by atoms with Crippen LogP contribution in [0, 0.1) is 5.41 Å².